The Bertz CT molecular complexity index is 971. The van der Waals surface area contributed by atoms with E-state index in [1.165, 1.54) is 6.20 Å². The van der Waals surface area contributed by atoms with Crippen molar-refractivity contribution in [3.63, 3.8) is 0 Å². The second-order valence-corrected chi connectivity index (χ2v) is 13.9. The molecule has 0 saturated carbocycles. The van der Waals surface area contributed by atoms with E-state index in [0.717, 1.165) is 12.8 Å². The molecule has 0 radical (unpaired) electrons. The average molecular weight is 564 g/mol. The quantitative estimate of drug-likeness (QED) is 0.222. The third-order valence-electron chi connectivity index (χ3n) is 8.03. The minimum atomic E-state index is -1.10. The largest absolute Gasteiger partial charge is 0.456 e. The third-order valence-corrected chi connectivity index (χ3v) is 8.03. The number of rotatable bonds is 16. The molecule has 2 atom stereocenters. The average Bonchev–Trinajstić information content (AvgIpc) is 2.87. The maximum atomic E-state index is 13.3. The summed E-state index contributed by atoms with van der Waals surface area (Å²) in [5, 5.41) is 24.8. The van der Waals surface area contributed by atoms with E-state index in [2.05, 4.69) is 43.3 Å². The van der Waals surface area contributed by atoms with Crippen molar-refractivity contribution in [2.45, 2.75) is 101 Å². The number of aromatic nitrogens is 1. The molecule has 1 aromatic heterocycles. The number of pyridine rings is 1. The van der Waals surface area contributed by atoms with Crippen molar-refractivity contribution in [3.8, 4) is 0 Å². The predicted octanol–water partition coefficient (Wildman–Crippen LogP) is 4.12. The van der Waals surface area contributed by atoms with E-state index in [1.54, 1.807) is 18.3 Å². The summed E-state index contributed by atoms with van der Waals surface area (Å²) >= 11 is 0. The summed E-state index contributed by atoms with van der Waals surface area (Å²) in [5.41, 5.74) is -1.55. The molecule has 1 rings (SSSR count). The first-order valence-electron chi connectivity index (χ1n) is 14.2. The normalized spacial score (nSPS) is 14.4. The lowest BCUT2D eigenvalue weighted by Gasteiger charge is -2.41. The third kappa shape index (κ3) is 10.5. The van der Waals surface area contributed by atoms with Crippen LogP contribution in [-0.4, -0.2) is 64.9 Å². The van der Waals surface area contributed by atoms with Gasteiger partial charge in [-0.25, -0.2) is 4.79 Å². The van der Waals surface area contributed by atoms with E-state index in [9.17, 15) is 24.6 Å². The fraction of sp³-hybridized carbons (Fsp3) is 0.742. The topological polar surface area (TPSA) is 138 Å². The molecule has 4 N–H and O–H groups in total. The molecule has 0 aliphatic rings. The van der Waals surface area contributed by atoms with Gasteiger partial charge in [-0.2, -0.15) is 0 Å². The van der Waals surface area contributed by atoms with E-state index in [4.69, 9.17) is 4.74 Å². The van der Waals surface area contributed by atoms with Crippen LogP contribution in [0, 0.1) is 27.6 Å². The van der Waals surface area contributed by atoms with E-state index in [1.807, 2.05) is 41.5 Å². The smallest absolute Gasteiger partial charge is 0.329 e. The summed E-state index contributed by atoms with van der Waals surface area (Å²) in [6.07, 6.45) is 4.08. The number of esters is 1. The number of nitrogens with zero attached hydrogens (tertiary/aromatic N) is 1. The molecule has 9 heteroatoms. The molecule has 0 fully saturated rings. The van der Waals surface area contributed by atoms with Gasteiger partial charge < -0.3 is 25.6 Å². The molecule has 0 bridgehead atoms. The highest BCUT2D eigenvalue weighted by atomic mass is 16.6. The lowest BCUT2D eigenvalue weighted by Crippen LogP contribution is -2.54. The second-order valence-electron chi connectivity index (χ2n) is 13.9. The monoisotopic (exact) mass is 563 g/mol. The van der Waals surface area contributed by atoms with E-state index in [-0.39, 0.29) is 16.9 Å². The van der Waals surface area contributed by atoms with Crippen LogP contribution in [0.2, 0.25) is 0 Å². The van der Waals surface area contributed by atoms with E-state index >= 15 is 0 Å². The van der Waals surface area contributed by atoms with Crippen molar-refractivity contribution in [1.82, 2.24) is 15.6 Å². The SMILES string of the molecule is CCC(C)C(C)(C)CC(C)(C)C(=O)NCC(C)(C)CC(C)(C)C(NC(=O)c1cccnc1)C(=O)OC(CO)CO. The number of nitrogens with one attached hydrogen (secondary N) is 2. The number of carbonyl (C=O) groups is 3. The molecule has 0 aliphatic heterocycles. The number of hydrogen-bond acceptors (Lipinski definition) is 7. The number of hydrogen-bond donors (Lipinski definition) is 4. The maximum absolute atomic E-state index is 13.3. The lowest BCUT2D eigenvalue weighted by molar-refractivity contribution is -0.159. The van der Waals surface area contributed by atoms with Crippen LogP contribution in [0.25, 0.3) is 0 Å². The zero-order valence-corrected chi connectivity index (χ0v) is 26.3. The molecule has 2 unspecified atom stereocenters. The summed E-state index contributed by atoms with van der Waals surface area (Å²) in [5.74, 6) is -0.802. The molecular formula is C31H53N3O6. The minimum Gasteiger partial charge on any atom is -0.456 e. The van der Waals surface area contributed by atoms with E-state index < -0.39 is 53.5 Å². The standard InChI is InChI=1S/C31H53N3O6/c1-11-21(2)29(5,6)19-31(9,10)27(39)33-20-28(3,4)18-30(7,8)24(26(38)40-23(16-35)17-36)34-25(37)22-13-12-14-32-15-22/h12-15,21,23-24,35-36H,11,16-20H2,1-10H3,(H,33,39)(H,34,37). The Labute approximate surface area is 240 Å². The van der Waals surface area contributed by atoms with Crippen LogP contribution in [0.3, 0.4) is 0 Å². The highest BCUT2D eigenvalue weighted by Gasteiger charge is 2.43. The first-order chi connectivity index (χ1) is 18.3. The van der Waals surface area contributed by atoms with Gasteiger partial charge in [-0.05, 0) is 47.1 Å². The molecule has 40 heavy (non-hydrogen) atoms. The molecular weight excluding hydrogens is 510 g/mol. The van der Waals surface area contributed by atoms with Crippen LogP contribution in [-0.2, 0) is 14.3 Å². The van der Waals surface area contributed by atoms with Crippen molar-refractivity contribution < 1.29 is 29.3 Å². The van der Waals surface area contributed by atoms with Crippen molar-refractivity contribution >= 4 is 17.8 Å². The van der Waals surface area contributed by atoms with Crippen molar-refractivity contribution in [2.24, 2.45) is 27.6 Å². The van der Waals surface area contributed by atoms with Crippen LogP contribution in [0.15, 0.2) is 24.5 Å². The maximum Gasteiger partial charge on any atom is 0.329 e. The molecule has 2 amide bonds. The summed E-state index contributed by atoms with van der Waals surface area (Å²) in [6.45, 7) is 19.7. The molecule has 0 aromatic carbocycles. The molecule has 0 spiro atoms. The van der Waals surface area contributed by atoms with Gasteiger partial charge in [0.05, 0.1) is 18.8 Å². The highest BCUT2D eigenvalue weighted by molar-refractivity contribution is 5.96. The van der Waals surface area contributed by atoms with Crippen molar-refractivity contribution in [3.05, 3.63) is 30.1 Å². The highest BCUT2D eigenvalue weighted by Crippen LogP contribution is 2.41. The van der Waals surface area contributed by atoms with Crippen molar-refractivity contribution in [1.29, 1.82) is 0 Å². The molecule has 1 heterocycles. The van der Waals surface area contributed by atoms with Gasteiger partial charge in [0.2, 0.25) is 5.91 Å². The van der Waals surface area contributed by atoms with Gasteiger partial charge >= 0.3 is 5.97 Å². The number of amides is 2. The zero-order valence-electron chi connectivity index (χ0n) is 26.3. The Morgan fingerprint density at radius 3 is 2.08 bits per heavy atom. The Balaban J connectivity index is 3.08. The first kappa shape index (κ1) is 35.5. The van der Waals surface area contributed by atoms with Gasteiger partial charge in [0.15, 0.2) is 0 Å². The molecule has 228 valence electrons. The van der Waals surface area contributed by atoms with E-state index in [0.29, 0.717) is 18.9 Å². The number of carbonyl (C=O) groups excluding carboxylic acids is 3. The Morgan fingerprint density at radius 1 is 0.975 bits per heavy atom. The fourth-order valence-electron chi connectivity index (χ4n) is 5.55. The van der Waals surface area contributed by atoms with Gasteiger partial charge in [-0.15, -0.1) is 0 Å². The van der Waals surface area contributed by atoms with Gasteiger partial charge in [0.25, 0.3) is 5.91 Å². The fourth-order valence-corrected chi connectivity index (χ4v) is 5.55. The first-order valence-corrected chi connectivity index (χ1v) is 14.2. The van der Waals surface area contributed by atoms with Crippen LogP contribution in [0.1, 0.15) is 98.9 Å². The number of aliphatic hydroxyl groups is 2. The minimum absolute atomic E-state index is 0.00809. The van der Waals surface area contributed by atoms with Crippen LogP contribution < -0.4 is 10.6 Å². The van der Waals surface area contributed by atoms with Crippen LogP contribution >= 0.6 is 0 Å². The number of aliphatic hydroxyl groups excluding tert-OH is 2. The van der Waals surface area contributed by atoms with Crippen LogP contribution in [0.5, 0.6) is 0 Å². The number of ether oxygens (including phenoxy) is 1. The van der Waals surface area contributed by atoms with Crippen molar-refractivity contribution in [2.75, 3.05) is 19.8 Å². The Hall–Kier alpha value is -2.52. The second kappa shape index (κ2) is 14.4. The van der Waals surface area contributed by atoms with Gasteiger partial charge in [0.1, 0.15) is 12.1 Å². The summed E-state index contributed by atoms with van der Waals surface area (Å²) in [7, 11) is 0. The Kier molecular flexibility index (Phi) is 12.8. The molecule has 0 aliphatic carbocycles. The Morgan fingerprint density at radius 2 is 1.57 bits per heavy atom. The summed E-state index contributed by atoms with van der Waals surface area (Å²) < 4.78 is 5.33. The summed E-state index contributed by atoms with van der Waals surface area (Å²) in [4.78, 5) is 43.5. The zero-order chi connectivity index (χ0) is 30.9. The molecule has 0 saturated heterocycles. The van der Waals surface area contributed by atoms with Gasteiger partial charge in [0, 0.05) is 24.4 Å². The predicted molar refractivity (Wildman–Crippen MR) is 156 cm³/mol. The lowest BCUT2D eigenvalue weighted by atomic mass is 9.67. The van der Waals surface area contributed by atoms with Crippen LogP contribution in [0.4, 0.5) is 0 Å². The molecule has 1 aromatic rings. The molecule has 9 nitrogen and oxygen atoms in total. The summed E-state index contributed by atoms with van der Waals surface area (Å²) in [6, 6.07) is 2.12. The van der Waals surface area contributed by atoms with Gasteiger partial charge in [-0.1, -0.05) is 75.7 Å². The van der Waals surface area contributed by atoms with Gasteiger partial charge in [-0.3, -0.25) is 14.6 Å².